The molecule has 3 nitrogen and oxygen atoms in total. The van der Waals surface area contributed by atoms with Crippen molar-refractivity contribution in [2.45, 2.75) is 124 Å². The number of ether oxygens (including phenoxy) is 1. The molecule has 0 radical (unpaired) electrons. The summed E-state index contributed by atoms with van der Waals surface area (Å²) in [6, 6.07) is 21.2. The Morgan fingerprint density at radius 1 is 0.652 bits per heavy atom. The van der Waals surface area contributed by atoms with Gasteiger partial charge in [-0.1, -0.05) is 114 Å². The summed E-state index contributed by atoms with van der Waals surface area (Å²) in [5.41, 5.74) is 13.3. The van der Waals surface area contributed by atoms with Gasteiger partial charge in [0.25, 0.3) is 6.71 Å². The number of anilines is 3. The molecule has 3 aromatic carbocycles. The van der Waals surface area contributed by atoms with E-state index in [2.05, 4.69) is 150 Å². The van der Waals surface area contributed by atoms with E-state index in [-0.39, 0.29) is 33.8 Å². The number of hydrogen-bond donors (Lipinski definition) is 0. The molecule has 1 aliphatic carbocycles. The van der Waals surface area contributed by atoms with Crippen molar-refractivity contribution in [1.82, 2.24) is 4.98 Å². The van der Waals surface area contributed by atoms with E-state index in [1.807, 2.05) is 6.20 Å². The van der Waals surface area contributed by atoms with E-state index in [1.165, 1.54) is 55.6 Å². The van der Waals surface area contributed by atoms with E-state index in [0.29, 0.717) is 0 Å². The predicted octanol–water partition coefficient (Wildman–Crippen LogP) is 9.34. The van der Waals surface area contributed by atoms with Crippen molar-refractivity contribution in [2.24, 2.45) is 0 Å². The van der Waals surface area contributed by atoms with Crippen molar-refractivity contribution < 1.29 is 4.74 Å². The summed E-state index contributed by atoms with van der Waals surface area (Å²) in [5.74, 6) is 2.83. The lowest BCUT2D eigenvalue weighted by Gasteiger charge is -2.41. The van der Waals surface area contributed by atoms with Gasteiger partial charge < -0.3 is 4.74 Å². The van der Waals surface area contributed by atoms with Crippen molar-refractivity contribution >= 4 is 40.3 Å². The van der Waals surface area contributed by atoms with Crippen molar-refractivity contribution in [2.75, 3.05) is 4.90 Å². The van der Waals surface area contributed by atoms with Gasteiger partial charge in [-0.2, -0.15) is 0 Å². The molecule has 4 heteroatoms. The smallest absolute Gasteiger partial charge is 0.258 e. The second-order valence-corrected chi connectivity index (χ2v) is 18.6. The second-order valence-electron chi connectivity index (χ2n) is 18.6. The number of hydrogen-bond acceptors (Lipinski definition) is 3. The Kier molecular flexibility index (Phi) is 6.44. The molecule has 0 saturated heterocycles. The monoisotopic (exact) mass is 610 g/mol. The minimum absolute atomic E-state index is 0.00390. The van der Waals surface area contributed by atoms with Crippen LogP contribution in [0, 0.1) is 0 Å². The minimum atomic E-state index is -0.00390. The average molecular weight is 611 g/mol. The topological polar surface area (TPSA) is 25.4 Å². The first kappa shape index (κ1) is 31.1. The maximum Gasteiger partial charge on any atom is 0.258 e. The number of aromatic nitrogens is 1. The normalized spacial score (nSPS) is 17.6. The molecule has 0 saturated carbocycles. The SMILES string of the molecule is CC(C)(C)c1cc(N2c3cc4c(cc3B3c5cc(C(C)(C)C)ccc5Oc5ccnc2c53)C(C)(C)CC4(C)C)cc(C(C)(C)C)c1. The van der Waals surface area contributed by atoms with Gasteiger partial charge in [0.1, 0.15) is 17.3 Å². The summed E-state index contributed by atoms with van der Waals surface area (Å²) in [7, 11) is 0. The van der Waals surface area contributed by atoms with Gasteiger partial charge in [0.05, 0.1) is 0 Å². The third-order valence-electron chi connectivity index (χ3n) is 10.8. The van der Waals surface area contributed by atoms with Crippen molar-refractivity contribution in [1.29, 1.82) is 0 Å². The molecule has 46 heavy (non-hydrogen) atoms. The van der Waals surface area contributed by atoms with E-state index >= 15 is 0 Å². The average Bonchev–Trinajstić information content (AvgIpc) is 3.12. The zero-order chi connectivity index (χ0) is 33.4. The molecule has 0 fully saturated rings. The van der Waals surface area contributed by atoms with Crippen LogP contribution < -0.4 is 26.0 Å². The Bertz CT molecular complexity index is 1880. The van der Waals surface area contributed by atoms with Crippen LogP contribution in [0.5, 0.6) is 11.5 Å². The molecule has 0 spiro atoms. The van der Waals surface area contributed by atoms with Crippen LogP contribution in [0.3, 0.4) is 0 Å². The largest absolute Gasteiger partial charge is 0.458 e. The number of rotatable bonds is 1. The molecule has 3 heterocycles. The molecule has 0 bridgehead atoms. The minimum Gasteiger partial charge on any atom is -0.458 e. The molecule has 3 aliphatic rings. The van der Waals surface area contributed by atoms with Crippen molar-refractivity contribution in [3.05, 3.63) is 88.6 Å². The van der Waals surface area contributed by atoms with Crippen LogP contribution in [0.25, 0.3) is 0 Å². The first-order valence-corrected chi connectivity index (χ1v) is 17.1. The summed E-state index contributed by atoms with van der Waals surface area (Å²) in [5, 5.41) is 0. The van der Waals surface area contributed by atoms with Crippen molar-refractivity contribution in [3.8, 4) is 11.5 Å². The standard InChI is InChI=1S/C42H51BN2O/c1-38(2,3)25-14-15-34-32(21-25)43-31-22-29-30(42(12,13)24-41(29,10)11)23-33(31)45(37-36(43)35(46-34)16-17-44-37)28-19-26(39(4,5)6)18-27(20-28)40(7,8)9/h14-23H,24H2,1-13H3. The highest BCUT2D eigenvalue weighted by Crippen LogP contribution is 2.52. The number of fused-ring (bicyclic) bond motifs is 5. The second kappa shape index (κ2) is 9.52. The zero-order valence-electron chi connectivity index (χ0n) is 30.4. The fourth-order valence-electron chi connectivity index (χ4n) is 8.34. The predicted molar refractivity (Wildman–Crippen MR) is 197 cm³/mol. The molecule has 238 valence electrons. The number of nitrogens with zero attached hydrogens (tertiary/aromatic N) is 2. The van der Waals surface area contributed by atoms with E-state index in [0.717, 1.165) is 23.7 Å². The first-order valence-electron chi connectivity index (χ1n) is 17.1. The fraction of sp³-hybridized carbons (Fsp3) is 0.452. The van der Waals surface area contributed by atoms with Crippen LogP contribution in [0.1, 0.15) is 124 Å². The number of benzene rings is 3. The Labute approximate surface area is 277 Å². The summed E-state index contributed by atoms with van der Waals surface area (Å²) in [6.45, 7) is 30.5. The first-order chi connectivity index (χ1) is 21.2. The van der Waals surface area contributed by atoms with Gasteiger partial charge in [-0.05, 0) is 103 Å². The molecule has 2 aliphatic heterocycles. The summed E-state index contributed by atoms with van der Waals surface area (Å²) < 4.78 is 6.75. The van der Waals surface area contributed by atoms with Gasteiger partial charge >= 0.3 is 0 Å². The van der Waals surface area contributed by atoms with Gasteiger partial charge in [-0.3, -0.25) is 4.90 Å². The Morgan fingerprint density at radius 2 is 1.24 bits per heavy atom. The quantitative estimate of drug-likeness (QED) is 0.174. The third-order valence-corrected chi connectivity index (χ3v) is 10.8. The number of pyridine rings is 1. The van der Waals surface area contributed by atoms with E-state index in [1.54, 1.807) is 0 Å². The summed E-state index contributed by atoms with van der Waals surface area (Å²) in [6.07, 6.45) is 3.05. The molecule has 7 rings (SSSR count). The van der Waals surface area contributed by atoms with Crippen LogP contribution in [0.4, 0.5) is 17.2 Å². The van der Waals surface area contributed by atoms with Crippen LogP contribution in [-0.2, 0) is 27.1 Å². The lowest BCUT2D eigenvalue weighted by Crippen LogP contribution is -2.60. The maximum atomic E-state index is 6.75. The van der Waals surface area contributed by atoms with Crippen LogP contribution in [0.15, 0.2) is 60.8 Å². The van der Waals surface area contributed by atoms with Gasteiger partial charge in [-0.15, -0.1) is 0 Å². The molecular formula is C42H51BN2O. The van der Waals surface area contributed by atoms with Crippen LogP contribution >= 0.6 is 0 Å². The molecule has 1 aromatic heterocycles. The van der Waals surface area contributed by atoms with Crippen molar-refractivity contribution in [3.63, 3.8) is 0 Å². The Morgan fingerprint density at radius 3 is 1.83 bits per heavy atom. The summed E-state index contributed by atoms with van der Waals surface area (Å²) in [4.78, 5) is 7.66. The molecule has 4 aromatic rings. The van der Waals surface area contributed by atoms with Crippen LogP contribution in [-0.4, -0.2) is 11.7 Å². The van der Waals surface area contributed by atoms with E-state index < -0.39 is 0 Å². The van der Waals surface area contributed by atoms with E-state index in [4.69, 9.17) is 9.72 Å². The lowest BCUT2D eigenvalue weighted by atomic mass is 9.34. The van der Waals surface area contributed by atoms with Crippen LogP contribution in [0.2, 0.25) is 0 Å². The van der Waals surface area contributed by atoms with Gasteiger partial charge in [0.2, 0.25) is 0 Å². The molecule has 0 N–H and O–H groups in total. The zero-order valence-corrected chi connectivity index (χ0v) is 30.4. The van der Waals surface area contributed by atoms with Gasteiger partial charge in [0, 0.05) is 23.0 Å². The molecule has 0 amide bonds. The highest BCUT2D eigenvalue weighted by Gasteiger charge is 2.48. The highest BCUT2D eigenvalue weighted by atomic mass is 16.5. The highest BCUT2D eigenvalue weighted by molar-refractivity contribution is 6.99. The Hall–Kier alpha value is -3.53. The maximum absolute atomic E-state index is 6.75. The molecular weight excluding hydrogens is 559 g/mol. The van der Waals surface area contributed by atoms with Gasteiger partial charge in [-0.25, -0.2) is 4.98 Å². The van der Waals surface area contributed by atoms with E-state index in [9.17, 15) is 0 Å². The Balaban J connectivity index is 1.59. The lowest BCUT2D eigenvalue weighted by molar-refractivity contribution is 0.403. The molecule has 0 unspecified atom stereocenters. The molecule has 0 atom stereocenters. The fourth-order valence-corrected chi connectivity index (χ4v) is 8.34. The third kappa shape index (κ3) is 4.73. The summed E-state index contributed by atoms with van der Waals surface area (Å²) >= 11 is 0. The van der Waals surface area contributed by atoms with Gasteiger partial charge in [0.15, 0.2) is 0 Å².